The molecule has 0 saturated heterocycles. The molecule has 4 aliphatic carbocycles. The second kappa shape index (κ2) is 8.41. The van der Waals surface area contributed by atoms with Gasteiger partial charge in [-0.3, -0.25) is 9.59 Å². The summed E-state index contributed by atoms with van der Waals surface area (Å²) in [6.07, 6.45) is 8.23. The fraction of sp³-hybridized carbons (Fsp3) is 0.700. The van der Waals surface area contributed by atoms with Gasteiger partial charge in [-0.25, -0.2) is 0 Å². The van der Waals surface area contributed by atoms with Gasteiger partial charge in [0.15, 0.2) is 0 Å². The topological polar surface area (TPSA) is 85.2 Å². The third-order valence-corrected chi connectivity index (χ3v) is 11.4. The van der Waals surface area contributed by atoms with Crippen LogP contribution >= 0.6 is 0 Å². The maximum Gasteiger partial charge on any atom is 0.302 e. The number of benzene rings is 1. The fourth-order valence-corrected chi connectivity index (χ4v) is 9.80. The summed E-state index contributed by atoms with van der Waals surface area (Å²) in [6.45, 7) is 5.74. The summed E-state index contributed by atoms with van der Waals surface area (Å²) in [7, 11) is 0. The number of aliphatic hydroxyl groups is 1. The van der Waals surface area contributed by atoms with E-state index >= 15 is 0 Å². The van der Waals surface area contributed by atoms with Crippen LogP contribution in [-0.4, -0.2) is 40.9 Å². The van der Waals surface area contributed by atoms with E-state index < -0.39 is 12.2 Å². The Labute approximate surface area is 213 Å². The molecule has 0 amide bonds. The van der Waals surface area contributed by atoms with Crippen LogP contribution in [0.15, 0.2) is 35.5 Å². The maximum atomic E-state index is 13.5. The van der Waals surface area contributed by atoms with Crippen molar-refractivity contribution in [2.45, 2.75) is 83.8 Å². The zero-order valence-electron chi connectivity index (χ0n) is 21.7. The number of carbonyl (C=O) groups is 2. The number of hydrogen-bond donors (Lipinski definition) is 1. The number of ether oxygens (including phenoxy) is 1. The number of ketones is 1. The van der Waals surface area contributed by atoms with Gasteiger partial charge in [-0.2, -0.15) is 0 Å². The van der Waals surface area contributed by atoms with E-state index in [0.717, 1.165) is 62.6 Å². The van der Waals surface area contributed by atoms with Crippen LogP contribution in [0.4, 0.5) is 0 Å². The van der Waals surface area contributed by atoms with E-state index in [0.29, 0.717) is 23.7 Å². The molecule has 36 heavy (non-hydrogen) atoms. The van der Waals surface area contributed by atoms with Crippen LogP contribution in [0.2, 0.25) is 0 Å². The molecule has 3 unspecified atom stereocenters. The first-order valence-electron chi connectivity index (χ1n) is 13.9. The number of esters is 1. The maximum absolute atomic E-state index is 13.5. The molecular formula is C30H39NO5. The molecule has 6 rings (SSSR count). The lowest BCUT2D eigenvalue weighted by molar-refractivity contribution is -0.188. The predicted molar refractivity (Wildman–Crippen MR) is 135 cm³/mol. The van der Waals surface area contributed by atoms with Crippen LogP contribution in [0.3, 0.4) is 0 Å². The monoisotopic (exact) mass is 493 g/mol. The highest BCUT2D eigenvalue weighted by Crippen LogP contribution is 2.71. The number of hydrogen-bond acceptors (Lipinski definition) is 6. The summed E-state index contributed by atoms with van der Waals surface area (Å²) in [5.74, 6) is 1.56. The van der Waals surface area contributed by atoms with Gasteiger partial charge in [0.25, 0.3) is 0 Å². The molecule has 1 heterocycles. The standard InChI is InChI=1S/C30H39NO5/c1-18(33)35-21-11-13-28(2)20(15-21)9-10-22-23(28)12-14-29(3)24(22)16-25-27(19-7-5-4-6-8-19)31-36-30(25,29)26(34)17-32/h4-8,20-25,32H,9-17H2,1-3H3/t20-,21-,22?,23?,24?,25-,28-,29-,30-/m0/s1. The molecule has 6 nitrogen and oxygen atoms in total. The van der Waals surface area contributed by atoms with Crippen LogP contribution in [0.5, 0.6) is 0 Å². The minimum absolute atomic E-state index is 0.0558. The molecular weight excluding hydrogens is 454 g/mol. The minimum Gasteiger partial charge on any atom is -0.463 e. The molecule has 194 valence electrons. The Bertz CT molecular complexity index is 1090. The molecule has 4 fully saturated rings. The van der Waals surface area contributed by atoms with E-state index in [2.05, 4.69) is 19.0 Å². The number of oxime groups is 1. The van der Waals surface area contributed by atoms with E-state index in [-0.39, 0.29) is 34.6 Å². The highest BCUT2D eigenvalue weighted by atomic mass is 16.7. The first-order valence-corrected chi connectivity index (χ1v) is 13.9. The Kier molecular flexibility index (Phi) is 5.64. The van der Waals surface area contributed by atoms with Gasteiger partial charge in [0.05, 0.1) is 11.6 Å². The Morgan fingerprint density at radius 2 is 1.83 bits per heavy atom. The van der Waals surface area contributed by atoms with E-state index in [9.17, 15) is 14.7 Å². The number of fused-ring (bicyclic) bond motifs is 7. The van der Waals surface area contributed by atoms with Crippen LogP contribution in [0, 0.1) is 40.4 Å². The van der Waals surface area contributed by atoms with Crippen molar-refractivity contribution in [2.24, 2.45) is 45.6 Å². The van der Waals surface area contributed by atoms with E-state index in [1.54, 1.807) is 0 Å². The summed E-state index contributed by atoms with van der Waals surface area (Å²) >= 11 is 0. The van der Waals surface area contributed by atoms with Gasteiger partial charge >= 0.3 is 5.97 Å². The lowest BCUT2D eigenvalue weighted by Crippen LogP contribution is -2.60. The van der Waals surface area contributed by atoms with Crippen LogP contribution < -0.4 is 0 Å². The Balaban J connectivity index is 1.33. The quantitative estimate of drug-likeness (QED) is 0.602. The van der Waals surface area contributed by atoms with Gasteiger partial charge in [-0.1, -0.05) is 49.3 Å². The smallest absolute Gasteiger partial charge is 0.302 e. The molecule has 0 radical (unpaired) electrons. The average molecular weight is 494 g/mol. The SMILES string of the molecule is CC(=O)O[C@H]1CC[C@]2(C)C3CC[C@@]4(C)C(C[C@H]5C(c6ccccc6)=NO[C@]54C(=O)CO)C3CC[C@H]2C1. The normalized spacial score (nSPS) is 44.8. The summed E-state index contributed by atoms with van der Waals surface area (Å²) in [5, 5.41) is 14.6. The van der Waals surface area contributed by atoms with Gasteiger partial charge in [0.1, 0.15) is 12.7 Å². The molecule has 1 aliphatic heterocycles. The van der Waals surface area contributed by atoms with Gasteiger partial charge in [-0.05, 0) is 86.0 Å². The molecule has 5 aliphatic rings. The number of carbonyl (C=O) groups excluding carboxylic acids is 2. The summed E-state index contributed by atoms with van der Waals surface area (Å²) in [6, 6.07) is 10.1. The van der Waals surface area contributed by atoms with Crippen LogP contribution in [-0.2, 0) is 19.2 Å². The largest absolute Gasteiger partial charge is 0.463 e. The molecule has 1 aromatic carbocycles. The number of nitrogens with zero attached hydrogens (tertiary/aromatic N) is 1. The van der Waals surface area contributed by atoms with Gasteiger partial charge in [0.2, 0.25) is 11.4 Å². The Hall–Kier alpha value is -2.21. The molecule has 1 N–H and O–H groups in total. The lowest BCUT2D eigenvalue weighted by Gasteiger charge is -2.61. The average Bonchev–Trinajstić information content (AvgIpc) is 3.37. The number of aliphatic hydroxyl groups excluding tert-OH is 1. The van der Waals surface area contributed by atoms with Crippen molar-refractivity contribution < 1.29 is 24.3 Å². The van der Waals surface area contributed by atoms with Crippen molar-refractivity contribution in [2.75, 3.05) is 6.61 Å². The van der Waals surface area contributed by atoms with Crippen LogP contribution in [0.25, 0.3) is 0 Å². The molecule has 4 saturated carbocycles. The fourth-order valence-electron chi connectivity index (χ4n) is 9.80. The second-order valence-corrected chi connectivity index (χ2v) is 12.7. The van der Waals surface area contributed by atoms with E-state index in [4.69, 9.17) is 9.57 Å². The molecule has 0 aromatic heterocycles. The van der Waals surface area contributed by atoms with E-state index in [1.165, 1.54) is 6.92 Å². The lowest BCUT2D eigenvalue weighted by atomic mass is 9.44. The molecule has 6 heteroatoms. The van der Waals surface area contributed by atoms with Crippen molar-refractivity contribution in [1.82, 2.24) is 0 Å². The van der Waals surface area contributed by atoms with Crippen LogP contribution in [0.1, 0.15) is 77.7 Å². The summed E-state index contributed by atoms with van der Waals surface area (Å²) in [4.78, 5) is 31.4. The minimum atomic E-state index is -1.08. The van der Waals surface area contributed by atoms with Gasteiger partial charge in [0, 0.05) is 12.3 Å². The Morgan fingerprint density at radius 3 is 2.56 bits per heavy atom. The third kappa shape index (κ3) is 3.15. The van der Waals surface area contributed by atoms with E-state index in [1.807, 2.05) is 30.3 Å². The molecule has 1 aromatic rings. The summed E-state index contributed by atoms with van der Waals surface area (Å²) < 4.78 is 5.63. The van der Waals surface area contributed by atoms with Crippen molar-refractivity contribution in [3.05, 3.63) is 35.9 Å². The highest BCUT2D eigenvalue weighted by Gasteiger charge is 2.75. The number of Topliss-reactive ketones (excluding diaryl/α,β-unsaturated/α-hetero) is 1. The summed E-state index contributed by atoms with van der Waals surface area (Å²) in [5.41, 5.74) is 0.688. The molecule has 0 spiro atoms. The van der Waals surface area contributed by atoms with Crippen molar-refractivity contribution in [3.63, 3.8) is 0 Å². The van der Waals surface area contributed by atoms with Crippen molar-refractivity contribution in [1.29, 1.82) is 0 Å². The first kappa shape index (κ1) is 24.1. The van der Waals surface area contributed by atoms with Gasteiger partial charge in [-0.15, -0.1) is 0 Å². The number of rotatable bonds is 4. The Morgan fingerprint density at radius 1 is 1.06 bits per heavy atom. The highest BCUT2D eigenvalue weighted by molar-refractivity contribution is 6.08. The first-order chi connectivity index (χ1) is 17.2. The van der Waals surface area contributed by atoms with Crippen molar-refractivity contribution in [3.8, 4) is 0 Å². The zero-order chi connectivity index (χ0) is 25.3. The molecule has 0 bridgehead atoms. The second-order valence-electron chi connectivity index (χ2n) is 12.7. The zero-order valence-corrected chi connectivity index (χ0v) is 21.7. The van der Waals surface area contributed by atoms with Gasteiger partial charge < -0.3 is 14.7 Å². The van der Waals surface area contributed by atoms with Crippen molar-refractivity contribution >= 4 is 17.5 Å². The molecule has 9 atom stereocenters. The third-order valence-electron chi connectivity index (χ3n) is 11.4. The predicted octanol–water partition coefficient (Wildman–Crippen LogP) is 4.92.